The molecule has 3 heteroatoms. The minimum Gasteiger partial charge on any atom is -0.326 e. The van der Waals surface area contributed by atoms with E-state index in [1.165, 1.54) is 51.7 Å². The summed E-state index contributed by atoms with van der Waals surface area (Å²) >= 11 is 0. The van der Waals surface area contributed by atoms with E-state index in [1.54, 1.807) is 0 Å². The molecule has 0 bridgehead atoms. The summed E-state index contributed by atoms with van der Waals surface area (Å²) in [7, 11) is 0. The third-order valence-corrected chi connectivity index (χ3v) is 3.17. The average Bonchev–Trinajstić information content (AvgIpc) is 2.19. The van der Waals surface area contributed by atoms with Gasteiger partial charge in [-0.05, 0) is 25.7 Å². The largest absolute Gasteiger partial charge is 0.326 e. The molecule has 1 atom stereocenters. The zero-order chi connectivity index (χ0) is 9.10. The zero-order valence-electron chi connectivity index (χ0n) is 8.41. The molecule has 2 aliphatic heterocycles. The first-order valence-corrected chi connectivity index (χ1v) is 5.61. The summed E-state index contributed by atoms with van der Waals surface area (Å²) in [5.41, 5.74) is 5.96. The number of rotatable bonds is 1. The molecule has 2 N–H and O–H groups in total. The molecule has 1 unspecified atom stereocenters. The van der Waals surface area contributed by atoms with Crippen molar-refractivity contribution in [2.75, 3.05) is 26.2 Å². The van der Waals surface area contributed by atoms with E-state index in [2.05, 4.69) is 10.0 Å². The molecular formula is C10H21N3. The quantitative estimate of drug-likeness (QED) is 0.653. The number of piperidine rings is 2. The van der Waals surface area contributed by atoms with Crippen LogP contribution in [0.25, 0.3) is 0 Å². The molecule has 76 valence electrons. The summed E-state index contributed by atoms with van der Waals surface area (Å²) in [6.07, 6.45) is 6.63. The van der Waals surface area contributed by atoms with E-state index in [1.807, 2.05) is 0 Å². The van der Waals surface area contributed by atoms with Crippen molar-refractivity contribution in [1.29, 1.82) is 0 Å². The van der Waals surface area contributed by atoms with Crippen LogP contribution in [-0.4, -0.2) is 42.2 Å². The predicted octanol–water partition coefficient (Wildman–Crippen LogP) is 0.810. The van der Waals surface area contributed by atoms with Crippen LogP contribution in [0.4, 0.5) is 0 Å². The van der Waals surface area contributed by atoms with Gasteiger partial charge in [0.05, 0.1) is 0 Å². The molecule has 0 saturated carbocycles. The van der Waals surface area contributed by atoms with Gasteiger partial charge < -0.3 is 5.73 Å². The fourth-order valence-electron chi connectivity index (χ4n) is 2.41. The van der Waals surface area contributed by atoms with Gasteiger partial charge in [-0.25, -0.2) is 10.0 Å². The van der Waals surface area contributed by atoms with Crippen molar-refractivity contribution in [3.05, 3.63) is 0 Å². The predicted molar refractivity (Wildman–Crippen MR) is 54.2 cm³/mol. The lowest BCUT2D eigenvalue weighted by Gasteiger charge is -2.41. The van der Waals surface area contributed by atoms with Crippen LogP contribution in [0, 0.1) is 0 Å². The minimum atomic E-state index is 0.413. The first-order valence-electron chi connectivity index (χ1n) is 5.61. The van der Waals surface area contributed by atoms with Gasteiger partial charge >= 0.3 is 0 Å². The van der Waals surface area contributed by atoms with Gasteiger partial charge in [0, 0.05) is 32.2 Å². The molecule has 0 aliphatic carbocycles. The van der Waals surface area contributed by atoms with Gasteiger partial charge in [-0.3, -0.25) is 0 Å². The van der Waals surface area contributed by atoms with Crippen LogP contribution in [-0.2, 0) is 0 Å². The van der Waals surface area contributed by atoms with E-state index >= 15 is 0 Å². The highest BCUT2D eigenvalue weighted by molar-refractivity contribution is 4.75. The van der Waals surface area contributed by atoms with Crippen LogP contribution in [0.2, 0.25) is 0 Å². The third-order valence-electron chi connectivity index (χ3n) is 3.17. The minimum absolute atomic E-state index is 0.413. The first kappa shape index (κ1) is 9.44. The Bertz CT molecular complexity index is 154. The van der Waals surface area contributed by atoms with Crippen molar-refractivity contribution >= 4 is 0 Å². The van der Waals surface area contributed by atoms with Crippen LogP contribution in [0.3, 0.4) is 0 Å². The standard InChI is InChI=1S/C10H21N3/c11-10-5-4-8-13(9-10)12-6-2-1-3-7-12/h10H,1-9,11H2. The highest BCUT2D eigenvalue weighted by Crippen LogP contribution is 2.16. The summed E-state index contributed by atoms with van der Waals surface area (Å²) < 4.78 is 0. The summed E-state index contributed by atoms with van der Waals surface area (Å²) in [5.74, 6) is 0. The molecule has 0 aromatic carbocycles. The maximum Gasteiger partial charge on any atom is 0.0285 e. The smallest absolute Gasteiger partial charge is 0.0285 e. The normalized spacial score (nSPS) is 33.5. The molecule has 2 aliphatic rings. The second-order valence-corrected chi connectivity index (χ2v) is 4.33. The van der Waals surface area contributed by atoms with Gasteiger partial charge in [0.2, 0.25) is 0 Å². The van der Waals surface area contributed by atoms with E-state index in [0.29, 0.717) is 6.04 Å². The molecule has 0 spiro atoms. The van der Waals surface area contributed by atoms with E-state index in [4.69, 9.17) is 5.73 Å². The Labute approximate surface area is 80.8 Å². The van der Waals surface area contributed by atoms with Crippen LogP contribution in [0.15, 0.2) is 0 Å². The van der Waals surface area contributed by atoms with Gasteiger partial charge in [-0.2, -0.15) is 0 Å². The molecule has 0 aromatic rings. The van der Waals surface area contributed by atoms with Crippen molar-refractivity contribution in [1.82, 2.24) is 10.0 Å². The number of hydrazine groups is 1. The highest BCUT2D eigenvalue weighted by atomic mass is 15.6. The van der Waals surface area contributed by atoms with Gasteiger partial charge in [-0.15, -0.1) is 0 Å². The van der Waals surface area contributed by atoms with Gasteiger partial charge in [0.15, 0.2) is 0 Å². The third kappa shape index (κ3) is 2.42. The van der Waals surface area contributed by atoms with Crippen LogP contribution < -0.4 is 5.73 Å². The number of nitrogens with two attached hydrogens (primary N) is 1. The van der Waals surface area contributed by atoms with Crippen LogP contribution in [0.5, 0.6) is 0 Å². The second-order valence-electron chi connectivity index (χ2n) is 4.33. The van der Waals surface area contributed by atoms with Gasteiger partial charge in [-0.1, -0.05) is 6.42 Å². The molecule has 2 rings (SSSR count). The molecular weight excluding hydrogens is 162 g/mol. The zero-order valence-corrected chi connectivity index (χ0v) is 8.41. The van der Waals surface area contributed by atoms with Crippen LogP contribution in [0.1, 0.15) is 32.1 Å². The lowest BCUT2D eigenvalue weighted by molar-refractivity contribution is -0.0564. The average molecular weight is 183 g/mol. The SMILES string of the molecule is NC1CCCN(N2CCCCC2)C1. The van der Waals surface area contributed by atoms with E-state index < -0.39 is 0 Å². The molecule has 0 aromatic heterocycles. The fourth-order valence-corrected chi connectivity index (χ4v) is 2.41. The Morgan fingerprint density at radius 2 is 1.54 bits per heavy atom. The Morgan fingerprint density at radius 3 is 2.23 bits per heavy atom. The van der Waals surface area contributed by atoms with E-state index in [9.17, 15) is 0 Å². The summed E-state index contributed by atoms with van der Waals surface area (Å²) in [6.45, 7) is 4.83. The lowest BCUT2D eigenvalue weighted by atomic mass is 10.1. The van der Waals surface area contributed by atoms with Crippen molar-refractivity contribution in [2.24, 2.45) is 5.73 Å². The molecule has 3 nitrogen and oxygen atoms in total. The second kappa shape index (κ2) is 4.40. The lowest BCUT2D eigenvalue weighted by Crippen LogP contribution is -2.53. The van der Waals surface area contributed by atoms with Crippen molar-refractivity contribution in [2.45, 2.75) is 38.1 Å². The van der Waals surface area contributed by atoms with E-state index in [0.717, 1.165) is 6.54 Å². The molecule has 2 saturated heterocycles. The topological polar surface area (TPSA) is 32.5 Å². The van der Waals surface area contributed by atoms with Crippen molar-refractivity contribution in [3.63, 3.8) is 0 Å². The Balaban J connectivity index is 1.83. The Kier molecular flexibility index (Phi) is 3.19. The number of hydrogen-bond acceptors (Lipinski definition) is 3. The van der Waals surface area contributed by atoms with Crippen molar-refractivity contribution in [3.8, 4) is 0 Å². The molecule has 13 heavy (non-hydrogen) atoms. The fraction of sp³-hybridized carbons (Fsp3) is 1.00. The Hall–Kier alpha value is -0.120. The summed E-state index contributed by atoms with van der Waals surface area (Å²) in [5, 5.41) is 5.00. The first-order chi connectivity index (χ1) is 6.36. The number of hydrogen-bond donors (Lipinski definition) is 1. The van der Waals surface area contributed by atoms with Gasteiger partial charge in [0.25, 0.3) is 0 Å². The maximum atomic E-state index is 5.96. The molecule has 0 amide bonds. The molecule has 2 fully saturated rings. The summed E-state index contributed by atoms with van der Waals surface area (Å²) in [4.78, 5) is 0. The maximum absolute atomic E-state index is 5.96. The molecule has 0 radical (unpaired) electrons. The monoisotopic (exact) mass is 183 g/mol. The van der Waals surface area contributed by atoms with Crippen LogP contribution >= 0.6 is 0 Å². The van der Waals surface area contributed by atoms with Crippen molar-refractivity contribution < 1.29 is 0 Å². The summed E-state index contributed by atoms with van der Waals surface area (Å²) in [6, 6.07) is 0.413. The highest BCUT2D eigenvalue weighted by Gasteiger charge is 2.22. The molecule has 2 heterocycles. The van der Waals surface area contributed by atoms with E-state index in [-0.39, 0.29) is 0 Å². The van der Waals surface area contributed by atoms with Gasteiger partial charge in [0.1, 0.15) is 0 Å². The Morgan fingerprint density at radius 1 is 0.846 bits per heavy atom. The number of nitrogens with zero attached hydrogens (tertiary/aromatic N) is 2.